The van der Waals surface area contributed by atoms with Gasteiger partial charge < -0.3 is 14.8 Å². The molecule has 0 radical (unpaired) electrons. The van der Waals surface area contributed by atoms with Gasteiger partial charge in [0.1, 0.15) is 23.3 Å². The zero-order chi connectivity index (χ0) is 21.1. The summed E-state index contributed by atoms with van der Waals surface area (Å²) in [4.78, 5) is 21.0. The second kappa shape index (κ2) is 8.70. The third kappa shape index (κ3) is 4.23. The van der Waals surface area contributed by atoms with Crippen LogP contribution in [0, 0.1) is 0 Å². The number of halogens is 2. The summed E-state index contributed by atoms with van der Waals surface area (Å²) in [5.41, 5.74) is 0.180. The maximum absolute atomic E-state index is 12.9. The Hall–Kier alpha value is -3.14. The average Bonchev–Trinajstić information content (AvgIpc) is 3.17. The van der Waals surface area contributed by atoms with E-state index in [-0.39, 0.29) is 23.5 Å². The van der Waals surface area contributed by atoms with Crippen LogP contribution in [0.4, 0.5) is 14.6 Å². The first-order valence-corrected chi connectivity index (χ1v) is 9.76. The van der Waals surface area contributed by atoms with Crippen LogP contribution in [0.3, 0.4) is 0 Å². The van der Waals surface area contributed by atoms with E-state index in [9.17, 15) is 13.6 Å². The van der Waals surface area contributed by atoms with Crippen molar-refractivity contribution in [1.82, 2.24) is 19.7 Å². The summed E-state index contributed by atoms with van der Waals surface area (Å²) in [6.45, 7) is 2.75. The molecule has 10 heteroatoms. The highest BCUT2D eigenvalue weighted by Crippen LogP contribution is 2.27. The number of ether oxygens (including phenoxy) is 2. The predicted octanol–water partition coefficient (Wildman–Crippen LogP) is 4.11. The van der Waals surface area contributed by atoms with Crippen molar-refractivity contribution >= 4 is 22.8 Å². The average molecular weight is 417 g/mol. The first kappa shape index (κ1) is 20.1. The molecule has 0 aromatic carbocycles. The van der Waals surface area contributed by atoms with Gasteiger partial charge in [0.25, 0.3) is 12.3 Å². The molecule has 1 aliphatic rings. The Balaban J connectivity index is 1.65. The van der Waals surface area contributed by atoms with Gasteiger partial charge in [-0.15, -0.1) is 5.10 Å². The highest BCUT2D eigenvalue weighted by Gasteiger charge is 2.21. The summed E-state index contributed by atoms with van der Waals surface area (Å²) in [6.07, 6.45) is 1.81. The van der Waals surface area contributed by atoms with E-state index in [4.69, 9.17) is 9.47 Å². The van der Waals surface area contributed by atoms with Crippen molar-refractivity contribution in [2.24, 2.45) is 0 Å². The van der Waals surface area contributed by atoms with E-state index in [1.165, 1.54) is 18.2 Å². The highest BCUT2D eigenvalue weighted by atomic mass is 19.3. The van der Waals surface area contributed by atoms with Gasteiger partial charge in [0.15, 0.2) is 5.65 Å². The fourth-order valence-electron chi connectivity index (χ4n) is 3.27. The molecule has 158 valence electrons. The number of anilines is 1. The Kier molecular flexibility index (Phi) is 5.84. The van der Waals surface area contributed by atoms with Crippen LogP contribution in [0.25, 0.3) is 11.0 Å². The van der Waals surface area contributed by atoms with Crippen molar-refractivity contribution in [3.05, 3.63) is 41.7 Å². The van der Waals surface area contributed by atoms with E-state index in [1.54, 1.807) is 23.9 Å². The number of carbonyl (C=O) groups is 1. The standard InChI is InChI=1S/C20H21F2N5O3/c1-2-29-20-13(19(28)24-15-7-5-6-14(23-15)17(21)22)10-12-11-27(26-18(12)25-20)16-8-3-4-9-30-16/h5-7,10-11,16-17H,2-4,8-9H2,1H3,(H,23,24,28). The minimum Gasteiger partial charge on any atom is -0.477 e. The Morgan fingerprint density at radius 3 is 2.97 bits per heavy atom. The number of pyridine rings is 2. The van der Waals surface area contributed by atoms with E-state index in [2.05, 4.69) is 20.4 Å². The molecular weight excluding hydrogens is 396 g/mol. The number of alkyl halides is 2. The lowest BCUT2D eigenvalue weighted by atomic mass is 10.2. The quantitative estimate of drug-likeness (QED) is 0.649. The topological polar surface area (TPSA) is 91.2 Å². The van der Waals surface area contributed by atoms with Crippen LogP contribution < -0.4 is 10.1 Å². The van der Waals surface area contributed by atoms with Crippen LogP contribution in [-0.4, -0.2) is 38.9 Å². The maximum atomic E-state index is 12.9. The number of hydrogen-bond donors (Lipinski definition) is 1. The van der Waals surface area contributed by atoms with Gasteiger partial charge in [-0.1, -0.05) is 6.07 Å². The van der Waals surface area contributed by atoms with Gasteiger partial charge in [-0.2, -0.15) is 4.98 Å². The van der Waals surface area contributed by atoms with Crippen molar-refractivity contribution in [3.63, 3.8) is 0 Å². The van der Waals surface area contributed by atoms with Crippen LogP contribution in [0.5, 0.6) is 5.88 Å². The summed E-state index contributed by atoms with van der Waals surface area (Å²) in [5.74, 6) is -0.428. The highest BCUT2D eigenvalue weighted by molar-refractivity contribution is 6.07. The van der Waals surface area contributed by atoms with Gasteiger partial charge in [-0.05, 0) is 44.4 Å². The summed E-state index contributed by atoms with van der Waals surface area (Å²) in [5, 5.41) is 7.65. The normalized spacial score (nSPS) is 16.7. The molecule has 0 saturated carbocycles. The van der Waals surface area contributed by atoms with Crippen molar-refractivity contribution in [3.8, 4) is 5.88 Å². The number of aromatic nitrogens is 4. The third-order valence-corrected chi connectivity index (χ3v) is 4.69. The monoisotopic (exact) mass is 417 g/mol. The molecule has 1 fully saturated rings. The van der Waals surface area contributed by atoms with Gasteiger partial charge in [0.05, 0.1) is 6.61 Å². The summed E-state index contributed by atoms with van der Waals surface area (Å²) >= 11 is 0. The summed E-state index contributed by atoms with van der Waals surface area (Å²) in [7, 11) is 0. The van der Waals surface area contributed by atoms with Gasteiger partial charge in [0.2, 0.25) is 5.88 Å². The lowest BCUT2D eigenvalue weighted by Gasteiger charge is -2.22. The maximum Gasteiger partial charge on any atom is 0.280 e. The molecule has 8 nitrogen and oxygen atoms in total. The van der Waals surface area contributed by atoms with Crippen LogP contribution in [-0.2, 0) is 4.74 Å². The fraction of sp³-hybridized carbons (Fsp3) is 0.400. The smallest absolute Gasteiger partial charge is 0.280 e. The molecule has 0 bridgehead atoms. The second-order valence-corrected chi connectivity index (χ2v) is 6.82. The molecule has 1 N–H and O–H groups in total. The zero-order valence-electron chi connectivity index (χ0n) is 16.3. The van der Waals surface area contributed by atoms with Crippen molar-refractivity contribution in [1.29, 1.82) is 0 Å². The Labute approximate surface area is 171 Å². The minimum atomic E-state index is -2.73. The molecule has 3 aromatic heterocycles. The number of hydrogen-bond acceptors (Lipinski definition) is 6. The molecule has 1 saturated heterocycles. The van der Waals surface area contributed by atoms with E-state index < -0.39 is 18.0 Å². The van der Waals surface area contributed by atoms with Crippen molar-refractivity contribution in [2.75, 3.05) is 18.5 Å². The van der Waals surface area contributed by atoms with Gasteiger partial charge in [-0.25, -0.2) is 18.4 Å². The number of fused-ring (bicyclic) bond motifs is 1. The van der Waals surface area contributed by atoms with Gasteiger partial charge in [-0.3, -0.25) is 4.79 Å². The molecule has 1 atom stereocenters. The Bertz CT molecular complexity index is 1050. The van der Waals surface area contributed by atoms with E-state index in [1.807, 2.05) is 0 Å². The molecule has 3 aromatic rings. The number of nitrogens with one attached hydrogen (secondary N) is 1. The molecule has 1 amide bonds. The zero-order valence-corrected chi connectivity index (χ0v) is 16.3. The number of rotatable bonds is 6. The number of amides is 1. The lowest BCUT2D eigenvalue weighted by molar-refractivity contribution is -0.0391. The van der Waals surface area contributed by atoms with Crippen LogP contribution in [0.15, 0.2) is 30.5 Å². The Morgan fingerprint density at radius 2 is 2.23 bits per heavy atom. The first-order valence-electron chi connectivity index (χ1n) is 9.76. The molecular formula is C20H21F2N5O3. The van der Waals surface area contributed by atoms with E-state index >= 15 is 0 Å². The summed E-state index contributed by atoms with van der Waals surface area (Å²) in [6, 6.07) is 5.66. The fourth-order valence-corrected chi connectivity index (χ4v) is 3.27. The van der Waals surface area contributed by atoms with Crippen LogP contribution >= 0.6 is 0 Å². The molecule has 30 heavy (non-hydrogen) atoms. The molecule has 0 aliphatic carbocycles. The number of carbonyl (C=O) groups excluding carboxylic acids is 1. The Morgan fingerprint density at radius 1 is 1.37 bits per heavy atom. The van der Waals surface area contributed by atoms with Crippen molar-refractivity contribution in [2.45, 2.75) is 38.8 Å². The van der Waals surface area contributed by atoms with Crippen LogP contribution in [0.1, 0.15) is 54.9 Å². The minimum absolute atomic E-state index is 0.0200. The largest absolute Gasteiger partial charge is 0.477 e. The summed E-state index contributed by atoms with van der Waals surface area (Å²) < 4.78 is 38.7. The third-order valence-electron chi connectivity index (χ3n) is 4.69. The second-order valence-electron chi connectivity index (χ2n) is 6.82. The molecule has 1 unspecified atom stereocenters. The lowest BCUT2D eigenvalue weighted by Crippen LogP contribution is -2.18. The SMILES string of the molecule is CCOc1nc2nn(C3CCCCO3)cc2cc1C(=O)Nc1cccc(C(F)F)n1. The van der Waals surface area contributed by atoms with Gasteiger partial charge in [0, 0.05) is 18.2 Å². The van der Waals surface area contributed by atoms with Crippen LogP contribution in [0.2, 0.25) is 0 Å². The molecule has 1 aliphatic heterocycles. The van der Waals surface area contributed by atoms with E-state index in [0.29, 0.717) is 24.2 Å². The molecule has 4 rings (SSSR count). The molecule has 4 heterocycles. The van der Waals surface area contributed by atoms with E-state index in [0.717, 1.165) is 19.3 Å². The van der Waals surface area contributed by atoms with Gasteiger partial charge >= 0.3 is 0 Å². The predicted molar refractivity (Wildman–Crippen MR) is 105 cm³/mol. The first-order chi connectivity index (χ1) is 14.5. The number of nitrogens with zero attached hydrogens (tertiary/aromatic N) is 4. The van der Waals surface area contributed by atoms with Crippen molar-refractivity contribution < 1.29 is 23.0 Å². The molecule has 0 spiro atoms.